The van der Waals surface area contributed by atoms with Gasteiger partial charge in [0.1, 0.15) is 9.93 Å². The van der Waals surface area contributed by atoms with Crippen molar-refractivity contribution in [3.05, 3.63) is 62.9 Å². The molecule has 3 aliphatic rings. The normalized spacial score (nSPS) is 23.2. The second-order valence-corrected chi connectivity index (χ2v) is 10.8. The molecule has 2 aromatic carbocycles. The first kappa shape index (κ1) is 21.2. The average Bonchev–Trinajstić information content (AvgIpc) is 3.32. The summed E-state index contributed by atoms with van der Waals surface area (Å²) in [6, 6.07) is 16.6. The number of rotatable bonds is 3. The van der Waals surface area contributed by atoms with Gasteiger partial charge in [-0.25, -0.2) is 4.99 Å². The molecule has 160 valence electrons. The number of carbonyl (C=O) groups is 1. The van der Waals surface area contributed by atoms with Crippen LogP contribution in [-0.4, -0.2) is 28.6 Å². The maximum absolute atomic E-state index is 13.8. The molecule has 2 aromatic rings. The summed E-state index contributed by atoms with van der Waals surface area (Å²) in [4.78, 5) is 25.0. The van der Waals surface area contributed by atoms with Gasteiger partial charge in [0.2, 0.25) is 0 Å². The lowest BCUT2D eigenvalue weighted by molar-refractivity contribution is -0.124. The number of anilines is 1. The second kappa shape index (κ2) is 9.04. The smallest absolute Gasteiger partial charge is 0.269 e. The van der Waals surface area contributed by atoms with Crippen LogP contribution in [0, 0.1) is 0 Å². The highest BCUT2D eigenvalue weighted by Gasteiger charge is 2.42. The van der Waals surface area contributed by atoms with Crippen molar-refractivity contribution in [3.63, 3.8) is 0 Å². The molecule has 4 nitrogen and oxygen atoms in total. The molecule has 0 spiro atoms. The van der Waals surface area contributed by atoms with Gasteiger partial charge in [-0.3, -0.25) is 9.69 Å². The molecular formula is C24H24BrN3OS2. The number of fused-ring (bicyclic) bond motifs is 1. The van der Waals surface area contributed by atoms with E-state index in [1.54, 1.807) is 11.8 Å². The number of halogens is 1. The molecular weight excluding hydrogens is 490 g/mol. The van der Waals surface area contributed by atoms with Gasteiger partial charge in [0.15, 0.2) is 5.17 Å². The van der Waals surface area contributed by atoms with Crippen molar-refractivity contribution < 1.29 is 4.79 Å². The Hall–Kier alpha value is -1.70. The molecule has 0 N–H and O–H groups in total. The van der Waals surface area contributed by atoms with Gasteiger partial charge in [0.05, 0.1) is 11.4 Å². The Bertz CT molecular complexity index is 1060. The molecule has 5 rings (SSSR count). The minimum Gasteiger partial charge on any atom is -0.334 e. The van der Waals surface area contributed by atoms with Crippen LogP contribution in [-0.2, 0) is 4.79 Å². The van der Waals surface area contributed by atoms with E-state index in [1.807, 2.05) is 29.2 Å². The Kier molecular flexibility index (Phi) is 6.17. The molecule has 1 saturated carbocycles. The molecule has 2 aliphatic heterocycles. The fraction of sp³-hybridized carbons (Fsp3) is 0.333. The molecule has 1 aliphatic carbocycles. The van der Waals surface area contributed by atoms with E-state index in [0.717, 1.165) is 44.6 Å². The van der Waals surface area contributed by atoms with Crippen LogP contribution < -0.4 is 4.90 Å². The standard InChI is InChI=1S/C24H24BrN3OS2/c1-2-27-19-10-6-7-11-20(19)30-23(27)21-22(29)28(18-8-4-3-5-9-18)24(31-21)26-17-14-12-16(25)13-15-17/h6-7,10-15,18H,2-5,8-9H2,1H3. The van der Waals surface area contributed by atoms with Crippen LogP contribution in [0.5, 0.6) is 0 Å². The lowest BCUT2D eigenvalue weighted by atomic mass is 9.94. The third kappa shape index (κ3) is 4.08. The Morgan fingerprint density at radius 1 is 1.03 bits per heavy atom. The van der Waals surface area contributed by atoms with E-state index in [2.05, 4.69) is 52.0 Å². The van der Waals surface area contributed by atoms with E-state index >= 15 is 0 Å². The van der Waals surface area contributed by atoms with Crippen LogP contribution in [0.4, 0.5) is 11.4 Å². The summed E-state index contributed by atoms with van der Waals surface area (Å²) in [5, 5.41) is 1.86. The van der Waals surface area contributed by atoms with Gasteiger partial charge in [-0.1, -0.05) is 59.1 Å². The molecule has 1 saturated heterocycles. The number of benzene rings is 2. The number of thioether (sulfide) groups is 2. The summed E-state index contributed by atoms with van der Waals surface area (Å²) >= 11 is 6.73. The predicted molar refractivity (Wildman–Crippen MR) is 135 cm³/mol. The van der Waals surface area contributed by atoms with Crippen molar-refractivity contribution in [3.8, 4) is 0 Å². The number of amides is 1. The molecule has 1 amide bonds. The third-order valence-electron chi connectivity index (χ3n) is 5.92. The van der Waals surface area contributed by atoms with Gasteiger partial charge in [-0.05, 0) is 67.9 Å². The quantitative estimate of drug-likeness (QED) is 0.408. The van der Waals surface area contributed by atoms with Gasteiger partial charge >= 0.3 is 0 Å². The summed E-state index contributed by atoms with van der Waals surface area (Å²) in [6.45, 7) is 2.97. The van der Waals surface area contributed by atoms with Gasteiger partial charge in [-0.15, -0.1) is 0 Å². The van der Waals surface area contributed by atoms with Crippen LogP contribution in [0.2, 0.25) is 0 Å². The van der Waals surface area contributed by atoms with E-state index in [1.165, 1.54) is 41.6 Å². The summed E-state index contributed by atoms with van der Waals surface area (Å²) in [7, 11) is 0. The van der Waals surface area contributed by atoms with E-state index in [4.69, 9.17) is 4.99 Å². The monoisotopic (exact) mass is 513 g/mol. The van der Waals surface area contributed by atoms with Crippen molar-refractivity contribution >= 4 is 61.9 Å². The lowest BCUT2D eigenvalue weighted by Gasteiger charge is -2.30. The molecule has 31 heavy (non-hydrogen) atoms. The van der Waals surface area contributed by atoms with Crippen LogP contribution >= 0.6 is 39.5 Å². The molecule has 7 heteroatoms. The van der Waals surface area contributed by atoms with Crippen molar-refractivity contribution in [2.24, 2.45) is 4.99 Å². The minimum absolute atomic E-state index is 0.113. The largest absolute Gasteiger partial charge is 0.334 e. The molecule has 0 atom stereocenters. The summed E-state index contributed by atoms with van der Waals surface area (Å²) < 4.78 is 1.03. The zero-order valence-corrected chi connectivity index (χ0v) is 20.6. The number of aliphatic imine (C=N–C) groups is 1. The molecule has 0 radical (unpaired) electrons. The van der Waals surface area contributed by atoms with Crippen molar-refractivity contribution in [1.82, 2.24) is 4.90 Å². The van der Waals surface area contributed by atoms with E-state index in [9.17, 15) is 4.79 Å². The maximum Gasteiger partial charge on any atom is 0.269 e. The minimum atomic E-state index is 0.113. The lowest BCUT2D eigenvalue weighted by Crippen LogP contribution is -2.40. The predicted octanol–water partition coefficient (Wildman–Crippen LogP) is 7.15. The van der Waals surface area contributed by atoms with Crippen molar-refractivity contribution in [1.29, 1.82) is 0 Å². The summed E-state index contributed by atoms with van der Waals surface area (Å²) in [5.74, 6) is 0.113. The van der Waals surface area contributed by atoms with Crippen LogP contribution in [0.1, 0.15) is 39.0 Å². The molecule has 2 heterocycles. The van der Waals surface area contributed by atoms with Crippen molar-refractivity contribution in [2.75, 3.05) is 11.4 Å². The Balaban J connectivity index is 1.56. The SMILES string of the molecule is CCN1C(=C2SC(=Nc3ccc(Br)cc3)N(C3CCCCC3)C2=O)Sc2ccccc21. The molecule has 0 bridgehead atoms. The summed E-state index contributed by atoms with van der Waals surface area (Å²) in [5.41, 5.74) is 2.06. The molecule has 0 unspecified atom stereocenters. The Labute approximate surface area is 200 Å². The van der Waals surface area contributed by atoms with Crippen molar-refractivity contribution in [2.45, 2.75) is 50.0 Å². The second-order valence-electron chi connectivity index (χ2n) is 7.89. The van der Waals surface area contributed by atoms with Gasteiger partial charge in [0, 0.05) is 22.0 Å². The van der Waals surface area contributed by atoms with Gasteiger partial charge in [-0.2, -0.15) is 0 Å². The Morgan fingerprint density at radius 2 is 1.77 bits per heavy atom. The maximum atomic E-state index is 13.8. The first-order valence-electron chi connectivity index (χ1n) is 10.8. The topological polar surface area (TPSA) is 35.9 Å². The fourth-order valence-electron chi connectivity index (χ4n) is 4.40. The average molecular weight is 515 g/mol. The van der Waals surface area contributed by atoms with Crippen LogP contribution in [0.15, 0.2) is 72.8 Å². The number of nitrogens with zero attached hydrogens (tertiary/aromatic N) is 3. The Morgan fingerprint density at radius 3 is 2.52 bits per heavy atom. The number of hydrogen-bond acceptors (Lipinski definition) is 5. The highest BCUT2D eigenvalue weighted by molar-refractivity contribution is 9.10. The first-order valence-corrected chi connectivity index (χ1v) is 13.2. The van der Waals surface area contributed by atoms with Crippen LogP contribution in [0.3, 0.4) is 0 Å². The number of carbonyl (C=O) groups excluding carboxylic acids is 1. The van der Waals surface area contributed by atoms with E-state index in [-0.39, 0.29) is 11.9 Å². The zero-order chi connectivity index (χ0) is 21.4. The zero-order valence-electron chi connectivity index (χ0n) is 17.4. The highest BCUT2D eigenvalue weighted by Crippen LogP contribution is 2.51. The van der Waals surface area contributed by atoms with Crippen LogP contribution in [0.25, 0.3) is 0 Å². The van der Waals surface area contributed by atoms with E-state index in [0.29, 0.717) is 0 Å². The number of amidine groups is 1. The van der Waals surface area contributed by atoms with Gasteiger partial charge < -0.3 is 4.90 Å². The van der Waals surface area contributed by atoms with E-state index < -0.39 is 0 Å². The van der Waals surface area contributed by atoms with Gasteiger partial charge in [0.25, 0.3) is 5.91 Å². The number of hydrogen-bond donors (Lipinski definition) is 0. The molecule has 0 aromatic heterocycles. The highest BCUT2D eigenvalue weighted by atomic mass is 79.9. The summed E-state index contributed by atoms with van der Waals surface area (Å²) in [6.07, 6.45) is 5.72. The molecule has 2 fully saturated rings. The number of para-hydroxylation sites is 1. The first-order chi connectivity index (χ1) is 15.2. The third-order valence-corrected chi connectivity index (χ3v) is 8.81. The fourth-order valence-corrected chi connectivity index (χ4v) is 7.11.